The number of pyridine rings is 2. The Kier molecular flexibility index (Phi) is 7.13. The van der Waals surface area contributed by atoms with E-state index in [9.17, 15) is 4.79 Å². The van der Waals surface area contributed by atoms with Gasteiger partial charge in [0.1, 0.15) is 35.6 Å². The number of likely N-dealkylation sites (tertiary alicyclic amines) is 1. The van der Waals surface area contributed by atoms with Crippen LogP contribution in [0.2, 0.25) is 0 Å². The average molecular weight is 618 g/mol. The summed E-state index contributed by atoms with van der Waals surface area (Å²) in [6.45, 7) is 5.41. The summed E-state index contributed by atoms with van der Waals surface area (Å²) >= 11 is 0. The van der Waals surface area contributed by atoms with E-state index in [-0.39, 0.29) is 11.9 Å². The van der Waals surface area contributed by atoms with Crippen molar-refractivity contribution >= 4 is 39.9 Å². The highest BCUT2D eigenvalue weighted by atomic mass is 16.5. The molecule has 2 atom stereocenters. The number of hydrogen-bond donors (Lipinski definition) is 1. The van der Waals surface area contributed by atoms with E-state index in [0.717, 1.165) is 47.2 Å². The first-order valence-corrected chi connectivity index (χ1v) is 15.7. The molecule has 0 radical (unpaired) electrons. The van der Waals surface area contributed by atoms with Crippen LogP contribution in [0.3, 0.4) is 0 Å². The summed E-state index contributed by atoms with van der Waals surface area (Å²) in [4.78, 5) is 38.1. The normalized spacial score (nSPS) is 19.8. The first-order valence-electron chi connectivity index (χ1n) is 15.7. The minimum Gasteiger partial charge on any atom is -0.487 e. The molecule has 1 aromatic carbocycles. The average Bonchev–Trinajstić information content (AvgIpc) is 3.68. The zero-order chi connectivity index (χ0) is 31.2. The molecule has 2 unspecified atom stereocenters. The van der Waals surface area contributed by atoms with Crippen molar-refractivity contribution in [2.45, 2.75) is 31.8 Å². The molecule has 2 fully saturated rings. The second-order valence-electron chi connectivity index (χ2n) is 12.2. The minimum atomic E-state index is -0.0708. The summed E-state index contributed by atoms with van der Waals surface area (Å²) in [5.74, 6) is 3.53. The summed E-state index contributed by atoms with van der Waals surface area (Å²) in [6, 6.07) is 11.9. The van der Waals surface area contributed by atoms with E-state index >= 15 is 0 Å². The third kappa shape index (κ3) is 5.34. The van der Waals surface area contributed by atoms with Crippen molar-refractivity contribution in [1.82, 2.24) is 34.1 Å². The molecule has 46 heavy (non-hydrogen) atoms. The summed E-state index contributed by atoms with van der Waals surface area (Å²) in [5.41, 5.74) is 3.97. The highest BCUT2D eigenvalue weighted by Crippen LogP contribution is 2.36. The highest BCUT2D eigenvalue weighted by molar-refractivity contribution is 5.91. The number of nitrogens with zero attached hydrogens (tertiary/aromatic N) is 8. The fourth-order valence-corrected chi connectivity index (χ4v) is 6.58. The number of ether oxygens (including phenoxy) is 2. The van der Waals surface area contributed by atoms with Gasteiger partial charge >= 0.3 is 0 Å². The van der Waals surface area contributed by atoms with Gasteiger partial charge in [-0.1, -0.05) is 6.08 Å². The quantitative estimate of drug-likeness (QED) is 0.272. The molecule has 3 aliphatic heterocycles. The number of piperazine rings is 1. The molecule has 0 saturated carbocycles. The van der Waals surface area contributed by atoms with Crippen molar-refractivity contribution in [3.8, 4) is 17.2 Å². The topological polar surface area (TPSA) is 113 Å². The Labute approximate surface area is 266 Å². The van der Waals surface area contributed by atoms with Gasteiger partial charge in [0.05, 0.1) is 11.6 Å². The molecule has 5 aromatic rings. The lowest BCUT2D eigenvalue weighted by atomic mass is 10.1. The molecule has 2 saturated heterocycles. The second kappa shape index (κ2) is 11.6. The lowest BCUT2D eigenvalue weighted by Gasteiger charge is -2.39. The standard InChI is InChI=1S/C34H35N9O3/c1-22-16-23(5-7-28(22)46-26-9-12-41-13-10-35-30(41)17-26)38-33-32-27(36-21-37-33)18-29-34(39-32)42-14-15-43(25(19-42)20-45-29)31(44)8-6-24-4-3-11-40(24)2/h5-10,12-13,16-18,21,24-25H,3-4,11,14-15,19-20H2,1-2H3,(H,36,37,38)/b8-6+. The molecule has 8 rings (SSSR count). The Hall–Kier alpha value is -5.23. The first-order chi connectivity index (χ1) is 22.5. The van der Waals surface area contributed by atoms with Gasteiger partial charge in [0, 0.05) is 68.2 Å². The fourth-order valence-electron chi connectivity index (χ4n) is 6.58. The molecule has 0 spiro atoms. The summed E-state index contributed by atoms with van der Waals surface area (Å²) in [5, 5.41) is 3.43. The van der Waals surface area contributed by atoms with E-state index in [1.54, 1.807) is 12.3 Å². The van der Waals surface area contributed by atoms with E-state index in [0.29, 0.717) is 54.9 Å². The number of aryl methyl sites for hydroxylation is 1. The third-order valence-electron chi connectivity index (χ3n) is 9.13. The van der Waals surface area contributed by atoms with E-state index in [4.69, 9.17) is 14.5 Å². The number of nitrogens with one attached hydrogen (secondary N) is 1. The molecule has 234 valence electrons. The Morgan fingerprint density at radius 1 is 1.09 bits per heavy atom. The zero-order valence-electron chi connectivity index (χ0n) is 25.8. The Balaban J connectivity index is 1.00. The lowest BCUT2D eigenvalue weighted by Crippen LogP contribution is -2.56. The van der Waals surface area contributed by atoms with Crippen LogP contribution < -0.4 is 19.7 Å². The van der Waals surface area contributed by atoms with Crippen LogP contribution in [0.4, 0.5) is 17.3 Å². The van der Waals surface area contributed by atoms with E-state index in [1.165, 1.54) is 12.7 Å². The van der Waals surface area contributed by atoms with E-state index in [1.807, 2.05) is 65.0 Å². The SMILES string of the molecule is Cc1cc(Nc2ncnc3cc4c(nc23)N2CCN(C(=O)/C=C/C3CCCN3C)C(CO4)C2)ccc1Oc1ccn2ccnc2c1. The van der Waals surface area contributed by atoms with Gasteiger partial charge in [0.25, 0.3) is 0 Å². The molecule has 1 N–H and O–H groups in total. The number of rotatable bonds is 6. The maximum atomic E-state index is 13.2. The number of carbonyl (C=O) groups is 1. The monoisotopic (exact) mass is 617 g/mol. The smallest absolute Gasteiger partial charge is 0.246 e. The molecule has 12 nitrogen and oxygen atoms in total. The number of amides is 1. The predicted octanol–water partition coefficient (Wildman–Crippen LogP) is 4.58. The number of benzene rings is 1. The van der Waals surface area contributed by atoms with Crippen LogP contribution in [0.25, 0.3) is 16.7 Å². The maximum absolute atomic E-state index is 13.2. The Bertz CT molecular complexity index is 1970. The number of likely N-dealkylation sites (N-methyl/N-ethyl adjacent to an activating group) is 1. The largest absolute Gasteiger partial charge is 0.487 e. The van der Waals surface area contributed by atoms with Crippen molar-refractivity contribution in [1.29, 1.82) is 0 Å². The van der Waals surface area contributed by atoms with E-state index < -0.39 is 0 Å². The molecule has 12 heteroatoms. The number of fused-ring (bicyclic) bond motifs is 6. The second-order valence-corrected chi connectivity index (χ2v) is 12.2. The van der Waals surface area contributed by atoms with Crippen LogP contribution in [0.5, 0.6) is 17.2 Å². The first kappa shape index (κ1) is 28.3. The van der Waals surface area contributed by atoms with Crippen LogP contribution in [0.15, 0.2) is 73.5 Å². The van der Waals surface area contributed by atoms with Gasteiger partial charge in [0.2, 0.25) is 5.91 Å². The molecule has 3 aliphatic rings. The van der Waals surface area contributed by atoms with Crippen molar-refractivity contribution in [2.24, 2.45) is 0 Å². The summed E-state index contributed by atoms with van der Waals surface area (Å²) in [6.07, 6.45) is 13.2. The third-order valence-corrected chi connectivity index (χ3v) is 9.13. The summed E-state index contributed by atoms with van der Waals surface area (Å²) in [7, 11) is 2.11. The minimum absolute atomic E-state index is 0.0424. The van der Waals surface area contributed by atoms with Gasteiger partial charge in [0.15, 0.2) is 17.4 Å². The van der Waals surface area contributed by atoms with Gasteiger partial charge in [-0.2, -0.15) is 0 Å². The van der Waals surface area contributed by atoms with Crippen LogP contribution in [0, 0.1) is 6.92 Å². The van der Waals surface area contributed by atoms with Gasteiger partial charge < -0.3 is 29.0 Å². The molecule has 0 aliphatic carbocycles. The highest BCUT2D eigenvalue weighted by Gasteiger charge is 2.35. The van der Waals surface area contributed by atoms with Crippen LogP contribution in [-0.2, 0) is 4.79 Å². The number of imidazole rings is 1. The number of carbonyl (C=O) groups excluding carboxylic acids is 1. The van der Waals surface area contributed by atoms with Crippen LogP contribution >= 0.6 is 0 Å². The number of anilines is 3. The molecular weight excluding hydrogens is 582 g/mol. The number of aromatic nitrogens is 5. The zero-order valence-corrected chi connectivity index (χ0v) is 25.8. The maximum Gasteiger partial charge on any atom is 0.246 e. The van der Waals surface area contributed by atoms with Gasteiger partial charge in [-0.15, -0.1) is 0 Å². The summed E-state index contributed by atoms with van der Waals surface area (Å²) < 4.78 is 14.4. The van der Waals surface area contributed by atoms with Crippen LogP contribution in [0.1, 0.15) is 18.4 Å². The van der Waals surface area contributed by atoms with Gasteiger partial charge in [-0.3, -0.25) is 9.69 Å². The molecule has 2 bridgehead atoms. The Morgan fingerprint density at radius 2 is 2.02 bits per heavy atom. The van der Waals surface area contributed by atoms with Crippen molar-refractivity contribution in [2.75, 3.05) is 50.1 Å². The predicted molar refractivity (Wildman–Crippen MR) is 175 cm³/mol. The fraction of sp³-hybridized carbons (Fsp3) is 0.324. The van der Waals surface area contributed by atoms with Gasteiger partial charge in [-0.05, 0) is 63.2 Å². The van der Waals surface area contributed by atoms with Gasteiger partial charge in [-0.25, -0.2) is 19.9 Å². The van der Waals surface area contributed by atoms with Crippen LogP contribution in [-0.4, -0.2) is 92.0 Å². The van der Waals surface area contributed by atoms with E-state index in [2.05, 4.69) is 43.2 Å². The van der Waals surface area contributed by atoms with Crippen molar-refractivity contribution in [3.05, 3.63) is 79.0 Å². The molecular formula is C34H35N9O3. The lowest BCUT2D eigenvalue weighted by molar-refractivity contribution is -0.129. The van der Waals surface area contributed by atoms with Crippen molar-refractivity contribution in [3.63, 3.8) is 0 Å². The Morgan fingerprint density at radius 3 is 2.89 bits per heavy atom. The number of hydrogen-bond acceptors (Lipinski definition) is 10. The molecule has 4 aromatic heterocycles. The molecule has 1 amide bonds. The molecule has 7 heterocycles. The van der Waals surface area contributed by atoms with Crippen molar-refractivity contribution < 1.29 is 14.3 Å².